The van der Waals surface area contributed by atoms with Gasteiger partial charge in [-0.3, -0.25) is 9.80 Å². The van der Waals surface area contributed by atoms with E-state index in [0.717, 1.165) is 60.8 Å². The normalized spacial score (nSPS) is 15.6. The van der Waals surface area contributed by atoms with Gasteiger partial charge in [-0.2, -0.15) is 0 Å². The predicted octanol–water partition coefficient (Wildman–Crippen LogP) is 3.79. The zero-order chi connectivity index (χ0) is 19.2. The van der Waals surface area contributed by atoms with Crippen molar-refractivity contribution in [3.63, 3.8) is 0 Å². The fraction of sp³-hybridized carbons (Fsp3) is 0.429. The first-order chi connectivity index (χ1) is 13.1. The van der Waals surface area contributed by atoms with Crippen molar-refractivity contribution in [2.24, 2.45) is 0 Å². The first-order valence-corrected chi connectivity index (χ1v) is 9.90. The van der Waals surface area contributed by atoms with Crippen LogP contribution in [0.25, 0.3) is 0 Å². The zero-order valence-corrected chi connectivity index (χ0v) is 17.8. The van der Waals surface area contributed by atoms with Gasteiger partial charge in [0.1, 0.15) is 5.75 Å². The third-order valence-electron chi connectivity index (χ3n) is 4.96. The average molecular weight is 435 g/mol. The van der Waals surface area contributed by atoms with Crippen molar-refractivity contribution < 1.29 is 14.2 Å². The number of methoxy groups -OCH3 is 3. The Morgan fingerprint density at radius 2 is 1.26 bits per heavy atom. The summed E-state index contributed by atoms with van der Waals surface area (Å²) in [4.78, 5) is 4.97. The van der Waals surface area contributed by atoms with Gasteiger partial charge < -0.3 is 14.2 Å². The predicted molar refractivity (Wildman–Crippen MR) is 111 cm³/mol. The van der Waals surface area contributed by atoms with Gasteiger partial charge >= 0.3 is 0 Å². The van der Waals surface area contributed by atoms with Gasteiger partial charge in [0, 0.05) is 55.4 Å². The average Bonchev–Trinajstić information content (AvgIpc) is 2.70. The summed E-state index contributed by atoms with van der Waals surface area (Å²) in [6, 6.07) is 12.5. The van der Waals surface area contributed by atoms with E-state index in [1.807, 2.05) is 12.1 Å². The molecule has 0 aromatic heterocycles. The minimum atomic E-state index is 0.692. The molecule has 0 unspecified atom stereocenters. The first kappa shape index (κ1) is 20.0. The largest absolute Gasteiger partial charge is 0.496 e. The van der Waals surface area contributed by atoms with E-state index in [1.165, 1.54) is 5.56 Å². The van der Waals surface area contributed by atoms with Gasteiger partial charge in [0.2, 0.25) is 0 Å². The van der Waals surface area contributed by atoms with Crippen molar-refractivity contribution in [2.75, 3.05) is 47.5 Å². The van der Waals surface area contributed by atoms with Gasteiger partial charge in [0.15, 0.2) is 11.5 Å². The highest BCUT2D eigenvalue weighted by atomic mass is 79.9. The van der Waals surface area contributed by atoms with E-state index in [0.29, 0.717) is 5.75 Å². The molecule has 0 spiro atoms. The van der Waals surface area contributed by atoms with Crippen molar-refractivity contribution in [3.8, 4) is 17.2 Å². The summed E-state index contributed by atoms with van der Waals surface area (Å²) in [5.41, 5.74) is 2.48. The van der Waals surface area contributed by atoms with E-state index in [2.05, 4.69) is 50.0 Å². The van der Waals surface area contributed by atoms with Gasteiger partial charge in [-0.1, -0.05) is 28.1 Å². The van der Waals surface area contributed by atoms with Crippen LogP contribution in [0.1, 0.15) is 11.1 Å². The van der Waals surface area contributed by atoms with Gasteiger partial charge in [-0.25, -0.2) is 0 Å². The smallest absolute Gasteiger partial charge is 0.164 e. The molecule has 0 aliphatic carbocycles. The van der Waals surface area contributed by atoms with Crippen LogP contribution in [0, 0.1) is 0 Å². The van der Waals surface area contributed by atoms with E-state index < -0.39 is 0 Å². The molecule has 1 saturated heterocycles. The van der Waals surface area contributed by atoms with Crippen molar-refractivity contribution >= 4 is 15.9 Å². The minimum absolute atomic E-state index is 0.692. The second-order valence-electron chi connectivity index (χ2n) is 6.70. The molecule has 0 N–H and O–H groups in total. The van der Waals surface area contributed by atoms with Gasteiger partial charge in [-0.15, -0.1) is 0 Å². The number of benzene rings is 2. The lowest BCUT2D eigenvalue weighted by Gasteiger charge is -2.35. The van der Waals surface area contributed by atoms with Crippen LogP contribution in [0.5, 0.6) is 17.2 Å². The molecule has 1 heterocycles. The van der Waals surface area contributed by atoms with E-state index in [9.17, 15) is 0 Å². The van der Waals surface area contributed by atoms with Crippen molar-refractivity contribution in [1.82, 2.24) is 9.80 Å². The fourth-order valence-electron chi connectivity index (χ4n) is 3.41. The van der Waals surface area contributed by atoms with Crippen LogP contribution in [0.4, 0.5) is 0 Å². The summed E-state index contributed by atoms with van der Waals surface area (Å²) in [7, 11) is 5.00. The highest BCUT2D eigenvalue weighted by Gasteiger charge is 2.20. The van der Waals surface area contributed by atoms with Gasteiger partial charge in [0.05, 0.1) is 21.3 Å². The summed E-state index contributed by atoms with van der Waals surface area (Å²) in [5, 5.41) is 0. The molecule has 27 heavy (non-hydrogen) atoms. The maximum absolute atomic E-state index is 5.56. The highest BCUT2D eigenvalue weighted by molar-refractivity contribution is 9.10. The zero-order valence-electron chi connectivity index (χ0n) is 16.2. The van der Waals surface area contributed by atoms with E-state index in [4.69, 9.17) is 14.2 Å². The molecule has 1 aliphatic heterocycles. The van der Waals surface area contributed by atoms with Crippen LogP contribution in [0.2, 0.25) is 0 Å². The lowest BCUT2D eigenvalue weighted by Crippen LogP contribution is -2.45. The lowest BCUT2D eigenvalue weighted by atomic mass is 10.1. The molecule has 2 aromatic rings. The number of hydrogen-bond acceptors (Lipinski definition) is 5. The molecule has 1 fully saturated rings. The highest BCUT2D eigenvalue weighted by Crippen LogP contribution is 2.35. The maximum Gasteiger partial charge on any atom is 0.164 e. The number of hydrogen-bond donors (Lipinski definition) is 0. The van der Waals surface area contributed by atoms with Crippen molar-refractivity contribution in [1.29, 1.82) is 0 Å². The third kappa shape index (κ3) is 5.15. The Labute approximate surface area is 169 Å². The molecule has 0 saturated carbocycles. The second kappa shape index (κ2) is 9.44. The number of nitrogens with zero attached hydrogens (tertiary/aromatic N) is 2. The van der Waals surface area contributed by atoms with Crippen LogP contribution >= 0.6 is 15.9 Å². The Morgan fingerprint density at radius 1 is 0.741 bits per heavy atom. The first-order valence-electron chi connectivity index (χ1n) is 9.11. The van der Waals surface area contributed by atoms with E-state index in [1.54, 1.807) is 21.3 Å². The SMILES string of the molecule is COc1cc(OC)c(OC)cc1CN1CCN(Cc2ccc(Br)cc2)CC1. The molecule has 0 radical (unpaired) electrons. The summed E-state index contributed by atoms with van der Waals surface area (Å²) < 4.78 is 17.5. The fourth-order valence-corrected chi connectivity index (χ4v) is 3.67. The Balaban J connectivity index is 1.59. The molecule has 2 aromatic carbocycles. The van der Waals surface area contributed by atoms with Crippen molar-refractivity contribution in [3.05, 3.63) is 52.0 Å². The Hall–Kier alpha value is -1.76. The summed E-state index contributed by atoms with van der Waals surface area (Å²) in [6.45, 7) is 6.04. The standard InChI is InChI=1S/C21H27BrN2O3/c1-25-19-13-21(27-3)20(26-2)12-17(19)15-24-10-8-23(9-11-24)14-16-4-6-18(22)7-5-16/h4-7,12-13H,8-11,14-15H2,1-3H3. The van der Waals surface area contributed by atoms with Crippen LogP contribution in [-0.4, -0.2) is 57.3 Å². The Morgan fingerprint density at radius 3 is 1.81 bits per heavy atom. The van der Waals surface area contributed by atoms with E-state index in [-0.39, 0.29) is 0 Å². The summed E-state index contributed by atoms with van der Waals surface area (Å²) in [6.07, 6.45) is 0. The molecular weight excluding hydrogens is 408 g/mol. The minimum Gasteiger partial charge on any atom is -0.496 e. The molecular formula is C21H27BrN2O3. The van der Waals surface area contributed by atoms with Crippen LogP contribution in [0.15, 0.2) is 40.9 Å². The second-order valence-corrected chi connectivity index (χ2v) is 7.61. The molecule has 5 nitrogen and oxygen atoms in total. The Kier molecular flexibility index (Phi) is 6.99. The monoisotopic (exact) mass is 434 g/mol. The lowest BCUT2D eigenvalue weighted by molar-refractivity contribution is 0.121. The Bertz CT molecular complexity index is 744. The molecule has 0 amide bonds. The molecule has 0 atom stereocenters. The van der Waals surface area contributed by atoms with Gasteiger partial charge in [-0.05, 0) is 23.8 Å². The van der Waals surface area contributed by atoms with Gasteiger partial charge in [0.25, 0.3) is 0 Å². The summed E-state index contributed by atoms with van der Waals surface area (Å²) in [5.74, 6) is 2.27. The molecule has 146 valence electrons. The van der Waals surface area contributed by atoms with Crippen LogP contribution in [0.3, 0.4) is 0 Å². The van der Waals surface area contributed by atoms with Crippen LogP contribution < -0.4 is 14.2 Å². The topological polar surface area (TPSA) is 34.2 Å². The van der Waals surface area contributed by atoms with Crippen LogP contribution in [-0.2, 0) is 13.1 Å². The number of halogens is 1. The molecule has 0 bridgehead atoms. The molecule has 6 heteroatoms. The van der Waals surface area contributed by atoms with E-state index >= 15 is 0 Å². The quantitative estimate of drug-likeness (QED) is 0.661. The number of ether oxygens (including phenoxy) is 3. The number of rotatable bonds is 7. The van der Waals surface area contributed by atoms with Crippen molar-refractivity contribution in [2.45, 2.75) is 13.1 Å². The third-order valence-corrected chi connectivity index (χ3v) is 5.49. The molecule has 3 rings (SSSR count). The number of piperazine rings is 1. The summed E-state index contributed by atoms with van der Waals surface area (Å²) >= 11 is 3.49. The maximum atomic E-state index is 5.56. The molecule has 1 aliphatic rings.